The number of piperidine rings is 1. The number of anilines is 1. The molecule has 0 saturated carbocycles. The maximum absolute atomic E-state index is 13.6. The summed E-state index contributed by atoms with van der Waals surface area (Å²) in [5.41, 5.74) is 3.84. The Balaban J connectivity index is 1.21. The average molecular weight is 615 g/mol. The Bertz CT molecular complexity index is 1740. The van der Waals surface area contributed by atoms with Crippen molar-refractivity contribution >= 4 is 28.5 Å². The number of amides is 2. The summed E-state index contributed by atoms with van der Waals surface area (Å²) in [6.07, 6.45) is 2.61. The van der Waals surface area contributed by atoms with Gasteiger partial charge in [-0.3, -0.25) is 19.3 Å². The van der Waals surface area contributed by atoms with Gasteiger partial charge in [0.1, 0.15) is 29.8 Å². The number of aliphatic hydroxyl groups excluding tert-OH is 2. The van der Waals surface area contributed by atoms with Gasteiger partial charge >= 0.3 is 0 Å². The van der Waals surface area contributed by atoms with Crippen LogP contribution in [0.5, 0.6) is 5.75 Å². The number of aliphatic hydroxyl groups is 2. The lowest BCUT2D eigenvalue weighted by Crippen LogP contribution is -2.47. The number of aryl methyl sites for hydroxylation is 2. The number of imide groups is 1. The summed E-state index contributed by atoms with van der Waals surface area (Å²) in [6.45, 7) is 5.61. The molecule has 236 valence electrons. The number of carbonyl (C=O) groups is 2. The number of H-pyrrole nitrogens is 2. The number of aromatic amines is 2. The van der Waals surface area contributed by atoms with E-state index in [0.717, 1.165) is 37.1 Å². The van der Waals surface area contributed by atoms with Gasteiger partial charge in [-0.15, -0.1) is 0 Å². The molecule has 45 heavy (non-hydrogen) atoms. The minimum absolute atomic E-state index is 0.0570. The molecule has 0 aliphatic carbocycles. The Morgan fingerprint density at radius 1 is 1.07 bits per heavy atom. The Kier molecular flexibility index (Phi) is 8.70. The number of carbonyl (C=O) groups excluding carboxylic acids is 2. The van der Waals surface area contributed by atoms with Crippen molar-refractivity contribution in [2.75, 3.05) is 38.2 Å². The van der Waals surface area contributed by atoms with Crippen LogP contribution in [-0.2, 0) is 0 Å². The lowest BCUT2D eigenvalue weighted by molar-refractivity contribution is 0.0464. The minimum atomic E-state index is -0.865. The summed E-state index contributed by atoms with van der Waals surface area (Å²) in [4.78, 5) is 51.9. The Morgan fingerprint density at radius 2 is 1.82 bits per heavy atom. The third-order valence-corrected chi connectivity index (χ3v) is 8.69. The van der Waals surface area contributed by atoms with E-state index in [9.17, 15) is 24.6 Å². The predicted octanol–water partition coefficient (Wildman–Crippen LogP) is 2.73. The minimum Gasteiger partial charge on any atom is -0.491 e. The molecule has 12 heteroatoms. The van der Waals surface area contributed by atoms with Crippen LogP contribution in [0.3, 0.4) is 0 Å². The first-order valence-electron chi connectivity index (χ1n) is 15.3. The van der Waals surface area contributed by atoms with Crippen LogP contribution in [0.25, 0.3) is 22.4 Å². The van der Waals surface area contributed by atoms with E-state index in [4.69, 9.17) is 4.74 Å². The fourth-order valence-corrected chi connectivity index (χ4v) is 6.41. The summed E-state index contributed by atoms with van der Waals surface area (Å²) in [5, 5.41) is 26.8. The number of rotatable bonds is 11. The van der Waals surface area contributed by atoms with Gasteiger partial charge in [-0.2, -0.15) is 0 Å². The second-order valence-corrected chi connectivity index (χ2v) is 11.9. The highest BCUT2D eigenvalue weighted by molar-refractivity contribution is 6.23. The van der Waals surface area contributed by atoms with Crippen molar-refractivity contribution in [3.63, 3.8) is 0 Å². The molecule has 0 spiro atoms. The van der Waals surface area contributed by atoms with Gasteiger partial charge in [-0.25, -0.2) is 4.98 Å². The van der Waals surface area contributed by atoms with Crippen LogP contribution in [0.2, 0.25) is 0 Å². The van der Waals surface area contributed by atoms with Crippen LogP contribution in [0.4, 0.5) is 5.69 Å². The Hall–Kier alpha value is -4.52. The molecule has 2 aliphatic rings. The Morgan fingerprint density at radius 3 is 2.56 bits per heavy atom. The quantitative estimate of drug-likeness (QED) is 0.139. The van der Waals surface area contributed by atoms with Gasteiger partial charge < -0.3 is 35.6 Å². The third-order valence-electron chi connectivity index (χ3n) is 8.69. The molecule has 2 aromatic heterocycles. The van der Waals surface area contributed by atoms with E-state index in [1.165, 1.54) is 11.1 Å². The molecule has 6 rings (SSSR count). The maximum Gasteiger partial charge on any atom is 0.261 e. The SMILES string of the molecule is Cc1ccc(OCC(O)CNc2cc[nH]c(=O)c2-c2nc3cc4c(cc3[nH]2)C(=O)N(C(CCO)C2CCNCC2)C4=O)c(C)c1. The van der Waals surface area contributed by atoms with E-state index >= 15 is 0 Å². The number of benzene rings is 2. The van der Waals surface area contributed by atoms with Crippen molar-refractivity contribution in [1.29, 1.82) is 0 Å². The molecule has 4 aromatic rings. The molecular formula is C33H38N6O6. The number of imidazole rings is 1. The Labute approximate surface area is 259 Å². The topological polar surface area (TPSA) is 173 Å². The zero-order valence-corrected chi connectivity index (χ0v) is 25.4. The number of hydrogen-bond donors (Lipinski definition) is 6. The second kappa shape index (κ2) is 12.8. The predicted molar refractivity (Wildman–Crippen MR) is 170 cm³/mol. The van der Waals surface area contributed by atoms with Gasteiger partial charge in [0.25, 0.3) is 17.4 Å². The number of pyridine rings is 1. The molecule has 4 heterocycles. The van der Waals surface area contributed by atoms with Crippen molar-refractivity contribution in [3.8, 4) is 17.1 Å². The van der Waals surface area contributed by atoms with E-state index in [-0.39, 0.29) is 60.1 Å². The summed E-state index contributed by atoms with van der Waals surface area (Å²) >= 11 is 0. The fourth-order valence-electron chi connectivity index (χ4n) is 6.41. The van der Waals surface area contributed by atoms with E-state index in [0.29, 0.717) is 28.9 Å². The van der Waals surface area contributed by atoms with Crippen molar-refractivity contribution < 1.29 is 24.5 Å². The van der Waals surface area contributed by atoms with Crippen LogP contribution in [0.15, 0.2) is 47.4 Å². The third kappa shape index (κ3) is 6.08. The van der Waals surface area contributed by atoms with Crippen molar-refractivity contribution in [1.82, 2.24) is 25.2 Å². The number of nitrogens with one attached hydrogen (secondary N) is 4. The van der Waals surface area contributed by atoms with Gasteiger partial charge in [-0.05, 0) is 81.9 Å². The van der Waals surface area contributed by atoms with Crippen molar-refractivity contribution in [2.24, 2.45) is 5.92 Å². The van der Waals surface area contributed by atoms with E-state index in [2.05, 4.69) is 25.6 Å². The largest absolute Gasteiger partial charge is 0.491 e. The molecule has 1 saturated heterocycles. The summed E-state index contributed by atoms with van der Waals surface area (Å²) in [6, 6.07) is 10.3. The van der Waals surface area contributed by atoms with Gasteiger partial charge in [-0.1, -0.05) is 17.7 Å². The maximum atomic E-state index is 13.6. The molecule has 2 amide bonds. The second-order valence-electron chi connectivity index (χ2n) is 11.9. The standard InChI is InChI=1S/C33H38N6O6/c1-18-3-4-28(19(2)13-18)45-17-21(41)16-36-24-7-11-35-31(42)29(24)30-37-25-14-22-23(15-26(25)38-30)33(44)39(32(22)43)27(8-12-40)20-5-9-34-10-6-20/h3-4,7,11,13-15,20-21,27,34,40-41H,5-6,8-10,12,16-17H2,1-2H3,(H,37,38)(H2,35,36,42). The molecule has 2 atom stereocenters. The van der Waals surface area contributed by atoms with Crippen LogP contribution in [0.1, 0.15) is 51.1 Å². The molecule has 6 N–H and O–H groups in total. The molecular weight excluding hydrogens is 576 g/mol. The fraction of sp³-hybridized carbons (Fsp3) is 0.394. The number of fused-ring (bicyclic) bond motifs is 2. The highest BCUT2D eigenvalue weighted by atomic mass is 16.5. The molecule has 2 aromatic carbocycles. The van der Waals surface area contributed by atoms with Gasteiger partial charge in [0.05, 0.1) is 27.8 Å². The lowest BCUT2D eigenvalue weighted by atomic mass is 9.87. The van der Waals surface area contributed by atoms with Crippen LogP contribution in [0, 0.1) is 19.8 Å². The monoisotopic (exact) mass is 614 g/mol. The highest BCUT2D eigenvalue weighted by Crippen LogP contribution is 2.34. The van der Waals surface area contributed by atoms with Crippen molar-refractivity contribution in [3.05, 3.63) is 75.2 Å². The number of aromatic nitrogens is 3. The summed E-state index contributed by atoms with van der Waals surface area (Å²) in [5.74, 6) is 0.282. The molecule has 2 aliphatic heterocycles. The molecule has 2 unspecified atom stereocenters. The first-order chi connectivity index (χ1) is 21.7. The van der Waals surface area contributed by atoms with Crippen LogP contribution < -0.4 is 20.9 Å². The molecule has 1 fully saturated rings. The van der Waals surface area contributed by atoms with E-state index in [1.54, 1.807) is 18.2 Å². The van der Waals surface area contributed by atoms with Gasteiger partial charge in [0.2, 0.25) is 0 Å². The zero-order chi connectivity index (χ0) is 31.7. The lowest BCUT2D eigenvalue weighted by Gasteiger charge is -2.35. The zero-order valence-electron chi connectivity index (χ0n) is 25.4. The molecule has 0 bridgehead atoms. The highest BCUT2D eigenvalue weighted by Gasteiger charge is 2.43. The van der Waals surface area contributed by atoms with Gasteiger partial charge in [0.15, 0.2) is 0 Å². The van der Waals surface area contributed by atoms with E-state index in [1.807, 2.05) is 32.0 Å². The smallest absolute Gasteiger partial charge is 0.261 e. The number of ether oxygens (including phenoxy) is 1. The van der Waals surface area contributed by atoms with Crippen LogP contribution in [-0.4, -0.2) is 86.9 Å². The van der Waals surface area contributed by atoms with Gasteiger partial charge in [0, 0.05) is 25.4 Å². The summed E-state index contributed by atoms with van der Waals surface area (Å²) < 4.78 is 5.80. The van der Waals surface area contributed by atoms with E-state index < -0.39 is 17.6 Å². The molecule has 12 nitrogen and oxygen atoms in total. The average Bonchev–Trinajstić information content (AvgIpc) is 3.55. The normalized spacial score (nSPS) is 16.7. The van der Waals surface area contributed by atoms with Crippen LogP contribution >= 0.6 is 0 Å². The number of hydrogen-bond acceptors (Lipinski definition) is 9. The molecule has 0 radical (unpaired) electrons. The van der Waals surface area contributed by atoms with Crippen molar-refractivity contribution in [2.45, 2.75) is 45.3 Å². The first kappa shape index (κ1) is 30.5. The first-order valence-corrected chi connectivity index (χ1v) is 15.3. The number of nitrogens with zero attached hydrogens (tertiary/aromatic N) is 2. The summed E-state index contributed by atoms with van der Waals surface area (Å²) in [7, 11) is 0.